The van der Waals surface area contributed by atoms with Crippen LogP contribution in [0.4, 0.5) is 0 Å². The van der Waals surface area contributed by atoms with Crippen LogP contribution in [0.2, 0.25) is 0 Å². The number of aliphatic hydroxyl groups excluding tert-OH is 1. The summed E-state index contributed by atoms with van der Waals surface area (Å²) in [7, 11) is 0. The van der Waals surface area contributed by atoms with Crippen molar-refractivity contribution in [1.82, 2.24) is 10.6 Å². The number of hydrogen-bond acceptors (Lipinski definition) is 4. The molecule has 0 radical (unpaired) electrons. The van der Waals surface area contributed by atoms with Crippen molar-refractivity contribution in [2.45, 2.75) is 38.6 Å². The zero-order valence-electron chi connectivity index (χ0n) is 10.7. The number of carbonyl (C=O) groups excluding carboxylic acids is 2. The van der Waals surface area contributed by atoms with Gasteiger partial charge >= 0.3 is 0 Å². The lowest BCUT2D eigenvalue weighted by Gasteiger charge is -2.27. The van der Waals surface area contributed by atoms with E-state index < -0.39 is 6.04 Å². The molecule has 6 heteroatoms. The van der Waals surface area contributed by atoms with Crippen LogP contribution < -0.4 is 10.6 Å². The standard InChI is InChI=1S/C12H22N2O3S/c1-9(16)14-10(6-18)11(17)13-7-12(8-15)4-2-3-5-12/h10,15,18H,2-8H2,1H3,(H,13,17)(H,14,16). The Hall–Kier alpha value is -0.750. The minimum Gasteiger partial charge on any atom is -0.396 e. The van der Waals surface area contributed by atoms with E-state index in [0.717, 1.165) is 25.7 Å². The van der Waals surface area contributed by atoms with Crippen molar-refractivity contribution in [3.05, 3.63) is 0 Å². The van der Waals surface area contributed by atoms with Crippen LogP contribution in [0.3, 0.4) is 0 Å². The van der Waals surface area contributed by atoms with Crippen molar-refractivity contribution in [3.63, 3.8) is 0 Å². The van der Waals surface area contributed by atoms with E-state index in [4.69, 9.17) is 0 Å². The Morgan fingerprint density at radius 1 is 1.39 bits per heavy atom. The number of hydrogen-bond donors (Lipinski definition) is 4. The minimum atomic E-state index is -0.608. The van der Waals surface area contributed by atoms with Crippen LogP contribution in [0.25, 0.3) is 0 Å². The average molecular weight is 274 g/mol. The Kier molecular flexibility index (Phi) is 5.95. The van der Waals surface area contributed by atoms with Gasteiger partial charge in [-0.25, -0.2) is 0 Å². The molecule has 3 N–H and O–H groups in total. The monoisotopic (exact) mass is 274 g/mol. The lowest BCUT2D eigenvalue weighted by molar-refractivity contribution is -0.127. The van der Waals surface area contributed by atoms with Crippen LogP contribution in [-0.4, -0.2) is 41.9 Å². The zero-order valence-corrected chi connectivity index (χ0v) is 11.6. The topological polar surface area (TPSA) is 78.4 Å². The van der Waals surface area contributed by atoms with Crippen molar-refractivity contribution in [3.8, 4) is 0 Å². The van der Waals surface area contributed by atoms with Crippen molar-refractivity contribution >= 4 is 24.4 Å². The van der Waals surface area contributed by atoms with Gasteiger partial charge in [-0.2, -0.15) is 12.6 Å². The average Bonchev–Trinajstić information content (AvgIpc) is 2.82. The first-order valence-corrected chi connectivity index (χ1v) is 6.93. The predicted molar refractivity (Wildman–Crippen MR) is 72.5 cm³/mol. The minimum absolute atomic E-state index is 0.0962. The first-order chi connectivity index (χ1) is 8.53. The molecule has 18 heavy (non-hydrogen) atoms. The molecule has 1 saturated carbocycles. The molecular weight excluding hydrogens is 252 g/mol. The highest BCUT2D eigenvalue weighted by Gasteiger charge is 2.34. The highest BCUT2D eigenvalue weighted by Crippen LogP contribution is 2.36. The molecule has 0 spiro atoms. The van der Waals surface area contributed by atoms with Crippen LogP contribution in [0.1, 0.15) is 32.6 Å². The van der Waals surface area contributed by atoms with Crippen LogP contribution in [-0.2, 0) is 9.59 Å². The van der Waals surface area contributed by atoms with Crippen molar-refractivity contribution in [1.29, 1.82) is 0 Å². The smallest absolute Gasteiger partial charge is 0.243 e. The Bertz CT molecular complexity index is 304. The highest BCUT2D eigenvalue weighted by molar-refractivity contribution is 7.80. The molecule has 1 aliphatic carbocycles. The summed E-state index contributed by atoms with van der Waals surface area (Å²) in [6.07, 6.45) is 4.07. The van der Waals surface area contributed by atoms with Gasteiger partial charge in [0.15, 0.2) is 0 Å². The molecule has 0 aromatic rings. The summed E-state index contributed by atoms with van der Waals surface area (Å²) < 4.78 is 0. The van der Waals surface area contributed by atoms with Crippen molar-refractivity contribution < 1.29 is 14.7 Å². The molecule has 1 unspecified atom stereocenters. The van der Waals surface area contributed by atoms with Gasteiger partial charge in [-0.3, -0.25) is 9.59 Å². The van der Waals surface area contributed by atoms with Crippen LogP contribution in [0.15, 0.2) is 0 Å². The maximum atomic E-state index is 11.9. The second-order valence-electron chi connectivity index (χ2n) is 5.02. The normalized spacial score (nSPS) is 19.3. The highest BCUT2D eigenvalue weighted by atomic mass is 32.1. The van der Waals surface area contributed by atoms with Gasteiger partial charge in [0.2, 0.25) is 11.8 Å². The summed E-state index contributed by atoms with van der Waals surface area (Å²) >= 11 is 4.05. The molecule has 0 bridgehead atoms. The molecule has 0 aromatic carbocycles. The Morgan fingerprint density at radius 2 is 2.00 bits per heavy atom. The maximum absolute atomic E-state index is 11.9. The Morgan fingerprint density at radius 3 is 2.44 bits per heavy atom. The third-order valence-corrected chi connectivity index (χ3v) is 3.88. The molecule has 0 aliphatic heterocycles. The zero-order chi connectivity index (χ0) is 13.6. The van der Waals surface area contributed by atoms with E-state index in [1.807, 2.05) is 0 Å². The number of carbonyl (C=O) groups is 2. The van der Waals surface area contributed by atoms with Gasteiger partial charge in [0.05, 0.1) is 6.61 Å². The number of amides is 2. The van der Waals surface area contributed by atoms with Gasteiger partial charge in [0.1, 0.15) is 6.04 Å². The molecule has 1 atom stereocenters. The molecular formula is C12H22N2O3S. The van der Waals surface area contributed by atoms with E-state index in [1.54, 1.807) is 0 Å². The van der Waals surface area contributed by atoms with Gasteiger partial charge in [-0.1, -0.05) is 12.8 Å². The fourth-order valence-electron chi connectivity index (χ4n) is 2.35. The first kappa shape index (κ1) is 15.3. The molecule has 0 heterocycles. The third kappa shape index (κ3) is 4.17. The quantitative estimate of drug-likeness (QED) is 0.518. The van der Waals surface area contributed by atoms with Gasteiger partial charge in [0.25, 0.3) is 0 Å². The van der Waals surface area contributed by atoms with Crippen LogP contribution in [0.5, 0.6) is 0 Å². The Labute approximate surface area is 113 Å². The lowest BCUT2D eigenvalue weighted by atomic mass is 9.87. The SMILES string of the molecule is CC(=O)NC(CS)C(=O)NCC1(CO)CCCC1. The summed E-state index contributed by atoms with van der Waals surface area (Å²) in [6.45, 7) is 1.93. The molecule has 0 saturated heterocycles. The van der Waals surface area contributed by atoms with Gasteiger partial charge in [-0.15, -0.1) is 0 Å². The summed E-state index contributed by atoms with van der Waals surface area (Å²) in [4.78, 5) is 22.8. The molecule has 1 fully saturated rings. The Balaban J connectivity index is 2.45. The van der Waals surface area contributed by atoms with Crippen molar-refractivity contribution in [2.24, 2.45) is 5.41 Å². The van der Waals surface area contributed by atoms with Gasteiger partial charge in [-0.05, 0) is 12.8 Å². The van der Waals surface area contributed by atoms with E-state index in [9.17, 15) is 14.7 Å². The number of rotatable bonds is 6. The van der Waals surface area contributed by atoms with E-state index >= 15 is 0 Å². The second-order valence-corrected chi connectivity index (χ2v) is 5.38. The van der Waals surface area contributed by atoms with Crippen LogP contribution in [0, 0.1) is 5.41 Å². The number of aliphatic hydroxyl groups is 1. The summed E-state index contributed by atoms with van der Waals surface area (Å²) in [6, 6.07) is -0.608. The molecule has 0 aromatic heterocycles. The third-order valence-electron chi connectivity index (χ3n) is 3.51. The van der Waals surface area contributed by atoms with E-state index in [1.165, 1.54) is 6.92 Å². The van der Waals surface area contributed by atoms with Crippen molar-refractivity contribution in [2.75, 3.05) is 18.9 Å². The van der Waals surface area contributed by atoms with E-state index in [-0.39, 0.29) is 29.6 Å². The molecule has 2 amide bonds. The van der Waals surface area contributed by atoms with E-state index in [2.05, 4.69) is 23.3 Å². The predicted octanol–water partition coefficient (Wildman–Crippen LogP) is 0.0898. The summed E-state index contributed by atoms with van der Waals surface area (Å²) in [5, 5.41) is 14.8. The van der Waals surface area contributed by atoms with Gasteiger partial charge < -0.3 is 15.7 Å². The molecule has 1 rings (SSSR count). The maximum Gasteiger partial charge on any atom is 0.243 e. The lowest BCUT2D eigenvalue weighted by Crippen LogP contribution is -2.50. The van der Waals surface area contributed by atoms with Crippen LogP contribution >= 0.6 is 12.6 Å². The number of thiol groups is 1. The summed E-state index contributed by atoms with van der Waals surface area (Å²) in [5.74, 6) is -0.223. The second kappa shape index (κ2) is 6.99. The summed E-state index contributed by atoms with van der Waals surface area (Å²) in [5.41, 5.74) is -0.174. The number of nitrogens with one attached hydrogen (secondary N) is 2. The van der Waals surface area contributed by atoms with Gasteiger partial charge in [0, 0.05) is 24.6 Å². The first-order valence-electron chi connectivity index (χ1n) is 6.29. The fraction of sp³-hybridized carbons (Fsp3) is 0.833. The molecule has 5 nitrogen and oxygen atoms in total. The van der Waals surface area contributed by atoms with E-state index in [0.29, 0.717) is 6.54 Å². The largest absolute Gasteiger partial charge is 0.396 e. The fourth-order valence-corrected chi connectivity index (χ4v) is 2.61. The molecule has 104 valence electrons. The molecule has 1 aliphatic rings.